The second-order valence-electron chi connectivity index (χ2n) is 4.52. The van der Waals surface area contributed by atoms with Crippen LogP contribution in [0.25, 0.3) is 0 Å². The SMILES string of the molecule is NC(=O)CCc1ccc2c(c1)CCN(C(=O)O)C2. The number of carbonyl (C=O) groups excluding carboxylic acids is 1. The second-order valence-corrected chi connectivity index (χ2v) is 4.52. The van der Waals surface area contributed by atoms with Crippen LogP contribution in [-0.2, 0) is 24.2 Å². The van der Waals surface area contributed by atoms with Gasteiger partial charge in [0.15, 0.2) is 0 Å². The van der Waals surface area contributed by atoms with Gasteiger partial charge in [-0.15, -0.1) is 0 Å². The van der Waals surface area contributed by atoms with Crippen molar-refractivity contribution in [3.63, 3.8) is 0 Å². The van der Waals surface area contributed by atoms with E-state index in [1.165, 1.54) is 10.5 Å². The van der Waals surface area contributed by atoms with Crippen LogP contribution in [0, 0.1) is 0 Å². The Kier molecular flexibility index (Phi) is 3.50. The lowest BCUT2D eigenvalue weighted by Gasteiger charge is -2.26. The largest absolute Gasteiger partial charge is 0.465 e. The lowest BCUT2D eigenvalue weighted by Crippen LogP contribution is -2.34. The Balaban J connectivity index is 2.10. The number of carboxylic acid groups (broad SMARTS) is 1. The van der Waals surface area contributed by atoms with Gasteiger partial charge in [-0.3, -0.25) is 4.79 Å². The Morgan fingerprint density at radius 1 is 1.33 bits per heavy atom. The number of aryl methyl sites for hydroxylation is 1. The summed E-state index contributed by atoms with van der Waals surface area (Å²) in [5, 5.41) is 8.94. The number of rotatable bonds is 3. The summed E-state index contributed by atoms with van der Waals surface area (Å²) in [6.07, 6.45) is 0.843. The molecule has 5 nitrogen and oxygen atoms in total. The molecule has 1 aromatic rings. The standard InChI is InChI=1S/C13H16N2O3/c14-12(16)4-2-9-1-3-11-8-15(13(17)18)6-5-10(11)7-9/h1,3,7H,2,4-6,8H2,(H2,14,16)(H,17,18). The lowest BCUT2D eigenvalue weighted by molar-refractivity contribution is -0.117. The maximum absolute atomic E-state index is 10.9. The molecule has 18 heavy (non-hydrogen) atoms. The molecule has 0 aromatic heterocycles. The van der Waals surface area contributed by atoms with Crippen molar-refractivity contribution in [1.82, 2.24) is 4.90 Å². The molecular weight excluding hydrogens is 232 g/mol. The van der Waals surface area contributed by atoms with E-state index in [2.05, 4.69) is 6.07 Å². The highest BCUT2D eigenvalue weighted by atomic mass is 16.4. The van der Waals surface area contributed by atoms with Crippen molar-refractivity contribution in [2.75, 3.05) is 6.54 Å². The third-order valence-corrected chi connectivity index (χ3v) is 3.21. The van der Waals surface area contributed by atoms with Crippen molar-refractivity contribution in [3.8, 4) is 0 Å². The molecule has 0 bridgehead atoms. The number of nitrogens with zero attached hydrogens (tertiary/aromatic N) is 1. The number of hydrogen-bond acceptors (Lipinski definition) is 2. The van der Waals surface area contributed by atoms with Crippen LogP contribution in [0.1, 0.15) is 23.1 Å². The summed E-state index contributed by atoms with van der Waals surface area (Å²) in [4.78, 5) is 23.0. The zero-order valence-corrected chi connectivity index (χ0v) is 10.1. The maximum Gasteiger partial charge on any atom is 0.407 e. The van der Waals surface area contributed by atoms with Gasteiger partial charge < -0.3 is 15.7 Å². The first kappa shape index (κ1) is 12.4. The van der Waals surface area contributed by atoms with E-state index in [-0.39, 0.29) is 5.91 Å². The van der Waals surface area contributed by atoms with Gasteiger partial charge in [0.1, 0.15) is 0 Å². The van der Waals surface area contributed by atoms with Crippen LogP contribution in [0.15, 0.2) is 18.2 Å². The molecule has 0 aliphatic carbocycles. The lowest BCUT2D eigenvalue weighted by atomic mass is 9.96. The molecular formula is C13H16N2O3. The van der Waals surface area contributed by atoms with E-state index in [1.807, 2.05) is 12.1 Å². The van der Waals surface area contributed by atoms with Crippen molar-refractivity contribution < 1.29 is 14.7 Å². The number of amides is 2. The van der Waals surface area contributed by atoms with Crippen LogP contribution in [0.2, 0.25) is 0 Å². The van der Waals surface area contributed by atoms with Crippen LogP contribution < -0.4 is 5.73 Å². The molecule has 2 rings (SSSR count). The number of benzene rings is 1. The topological polar surface area (TPSA) is 83.6 Å². The predicted octanol–water partition coefficient (Wildman–Crippen LogP) is 1.14. The van der Waals surface area contributed by atoms with E-state index in [0.29, 0.717) is 25.9 Å². The Bertz CT molecular complexity index is 485. The van der Waals surface area contributed by atoms with Crippen LogP contribution >= 0.6 is 0 Å². The van der Waals surface area contributed by atoms with Gasteiger partial charge in [0.2, 0.25) is 5.91 Å². The first-order chi connectivity index (χ1) is 8.56. The summed E-state index contributed by atoms with van der Waals surface area (Å²) in [5.41, 5.74) is 8.42. The number of carbonyl (C=O) groups is 2. The number of hydrogen-bond donors (Lipinski definition) is 2. The molecule has 2 amide bonds. The van der Waals surface area contributed by atoms with Crippen molar-refractivity contribution in [1.29, 1.82) is 0 Å². The normalized spacial score (nSPS) is 14.1. The van der Waals surface area contributed by atoms with Crippen LogP contribution in [0.5, 0.6) is 0 Å². The summed E-state index contributed by atoms with van der Waals surface area (Å²) in [6.45, 7) is 0.975. The van der Waals surface area contributed by atoms with E-state index in [4.69, 9.17) is 10.8 Å². The molecule has 0 radical (unpaired) electrons. The molecule has 0 saturated carbocycles. The van der Waals surface area contributed by atoms with Gasteiger partial charge in [0, 0.05) is 19.5 Å². The number of primary amides is 1. The summed E-state index contributed by atoms with van der Waals surface area (Å²) in [5.74, 6) is -0.301. The monoisotopic (exact) mass is 248 g/mol. The average Bonchev–Trinajstić information content (AvgIpc) is 2.35. The molecule has 1 heterocycles. The fraction of sp³-hybridized carbons (Fsp3) is 0.385. The fourth-order valence-corrected chi connectivity index (χ4v) is 2.19. The minimum Gasteiger partial charge on any atom is -0.465 e. The molecule has 3 N–H and O–H groups in total. The van der Waals surface area contributed by atoms with Gasteiger partial charge >= 0.3 is 6.09 Å². The van der Waals surface area contributed by atoms with Crippen LogP contribution in [-0.4, -0.2) is 28.6 Å². The van der Waals surface area contributed by atoms with Crippen molar-refractivity contribution in [2.45, 2.75) is 25.8 Å². The van der Waals surface area contributed by atoms with Gasteiger partial charge in [-0.2, -0.15) is 0 Å². The molecule has 0 atom stereocenters. The maximum atomic E-state index is 10.9. The first-order valence-electron chi connectivity index (χ1n) is 5.93. The van der Waals surface area contributed by atoms with E-state index in [9.17, 15) is 9.59 Å². The summed E-state index contributed by atoms with van der Waals surface area (Å²) in [6, 6.07) is 5.94. The van der Waals surface area contributed by atoms with Gasteiger partial charge in [0.25, 0.3) is 0 Å². The molecule has 0 saturated heterocycles. The average molecular weight is 248 g/mol. The minimum atomic E-state index is -0.876. The van der Waals surface area contributed by atoms with Crippen molar-refractivity contribution >= 4 is 12.0 Å². The Morgan fingerprint density at radius 2 is 2.11 bits per heavy atom. The molecule has 96 valence electrons. The molecule has 1 aliphatic rings. The van der Waals surface area contributed by atoms with Crippen molar-refractivity contribution in [3.05, 3.63) is 34.9 Å². The highest BCUT2D eigenvalue weighted by Crippen LogP contribution is 2.21. The van der Waals surface area contributed by atoms with Gasteiger partial charge in [0.05, 0.1) is 0 Å². The Labute approximate surface area is 105 Å². The molecule has 0 spiro atoms. The zero-order valence-electron chi connectivity index (χ0n) is 10.1. The van der Waals surface area contributed by atoms with Gasteiger partial charge in [-0.25, -0.2) is 4.79 Å². The fourth-order valence-electron chi connectivity index (χ4n) is 2.19. The molecule has 1 aromatic carbocycles. The van der Waals surface area contributed by atoms with Crippen LogP contribution in [0.4, 0.5) is 4.79 Å². The van der Waals surface area contributed by atoms with Gasteiger partial charge in [-0.1, -0.05) is 18.2 Å². The summed E-state index contributed by atoms with van der Waals surface area (Å²) < 4.78 is 0. The van der Waals surface area contributed by atoms with E-state index in [0.717, 1.165) is 17.5 Å². The predicted molar refractivity (Wildman–Crippen MR) is 66.1 cm³/mol. The molecule has 0 unspecified atom stereocenters. The molecule has 5 heteroatoms. The quantitative estimate of drug-likeness (QED) is 0.841. The second kappa shape index (κ2) is 5.08. The number of fused-ring (bicyclic) bond motifs is 1. The Morgan fingerprint density at radius 3 is 2.78 bits per heavy atom. The number of nitrogens with two attached hydrogens (primary N) is 1. The van der Waals surface area contributed by atoms with E-state index in [1.54, 1.807) is 0 Å². The Hall–Kier alpha value is -2.04. The summed E-state index contributed by atoms with van der Waals surface area (Å²) >= 11 is 0. The van der Waals surface area contributed by atoms with E-state index >= 15 is 0 Å². The first-order valence-corrected chi connectivity index (χ1v) is 5.93. The minimum absolute atomic E-state index is 0.301. The van der Waals surface area contributed by atoms with Crippen molar-refractivity contribution in [2.24, 2.45) is 5.73 Å². The van der Waals surface area contributed by atoms with E-state index < -0.39 is 6.09 Å². The highest BCUT2D eigenvalue weighted by Gasteiger charge is 2.19. The third kappa shape index (κ3) is 2.80. The summed E-state index contributed by atoms with van der Waals surface area (Å²) in [7, 11) is 0. The smallest absolute Gasteiger partial charge is 0.407 e. The molecule has 0 fully saturated rings. The zero-order chi connectivity index (χ0) is 13.1. The van der Waals surface area contributed by atoms with Gasteiger partial charge in [-0.05, 0) is 29.5 Å². The third-order valence-electron chi connectivity index (χ3n) is 3.21. The molecule has 1 aliphatic heterocycles. The highest BCUT2D eigenvalue weighted by molar-refractivity contribution is 5.74. The van der Waals surface area contributed by atoms with Crippen LogP contribution in [0.3, 0.4) is 0 Å².